The smallest absolute Gasteiger partial charge is 0.205 e. The highest BCUT2D eigenvalue weighted by molar-refractivity contribution is 9.10. The van der Waals surface area contributed by atoms with E-state index in [2.05, 4.69) is 51.3 Å². The average molecular weight is 419 g/mol. The van der Waals surface area contributed by atoms with Gasteiger partial charge in [-0.05, 0) is 53.2 Å². The minimum atomic E-state index is -1.14. The summed E-state index contributed by atoms with van der Waals surface area (Å²) >= 11 is 4.54. The average Bonchev–Trinajstić information content (AvgIpc) is 2.93. The maximum absolute atomic E-state index is 11.4. The molecule has 0 aliphatic carbocycles. The van der Waals surface area contributed by atoms with Crippen LogP contribution in [0.4, 0.5) is 0 Å². The lowest BCUT2D eigenvalue weighted by Gasteiger charge is -2.24. The van der Waals surface area contributed by atoms with E-state index in [0.717, 1.165) is 29.3 Å². The lowest BCUT2D eigenvalue weighted by atomic mass is 10.0. The van der Waals surface area contributed by atoms with Crippen LogP contribution in [0.1, 0.15) is 26.3 Å². The van der Waals surface area contributed by atoms with E-state index in [1.54, 1.807) is 13.8 Å². The number of fused-ring (bicyclic) bond motifs is 1. The lowest BCUT2D eigenvalue weighted by Crippen LogP contribution is -2.41. The molecule has 0 atom stereocenters. The molecule has 5 nitrogen and oxygen atoms in total. The maximum Gasteiger partial charge on any atom is 0.205 e. The Labute approximate surface area is 158 Å². The largest absolute Gasteiger partial charge is 0.549 e. The van der Waals surface area contributed by atoms with Crippen molar-refractivity contribution < 1.29 is 9.90 Å². The molecule has 0 unspecified atom stereocenters. The fraction of sp³-hybridized carbons (Fsp3) is 0.278. The molecule has 0 saturated heterocycles. The van der Waals surface area contributed by atoms with E-state index in [0.29, 0.717) is 9.89 Å². The van der Waals surface area contributed by atoms with Crippen LogP contribution in [0.5, 0.6) is 0 Å². The van der Waals surface area contributed by atoms with Crippen LogP contribution < -0.4 is 5.11 Å². The molecule has 2 aromatic carbocycles. The number of nitrogens with zero attached hydrogens (tertiary/aromatic N) is 3. The third-order valence-electron chi connectivity index (χ3n) is 4.05. The van der Waals surface area contributed by atoms with Gasteiger partial charge < -0.3 is 9.90 Å². The summed E-state index contributed by atoms with van der Waals surface area (Å²) in [7, 11) is 0. The van der Waals surface area contributed by atoms with E-state index in [-0.39, 0.29) is 0 Å². The number of aromatic nitrogens is 3. The van der Waals surface area contributed by atoms with E-state index in [9.17, 15) is 9.90 Å². The van der Waals surface area contributed by atoms with Crippen LogP contribution in [0.3, 0.4) is 0 Å². The summed E-state index contributed by atoms with van der Waals surface area (Å²) in [6.07, 6.45) is 0.934. The summed E-state index contributed by atoms with van der Waals surface area (Å²) in [6.45, 7) is 5.32. The Morgan fingerprint density at radius 3 is 2.52 bits per heavy atom. The van der Waals surface area contributed by atoms with Gasteiger partial charge in [-0.15, -0.1) is 10.2 Å². The molecule has 7 heteroatoms. The van der Waals surface area contributed by atoms with Crippen LogP contribution in [-0.4, -0.2) is 25.5 Å². The molecule has 0 bridgehead atoms. The normalized spacial score (nSPS) is 11.8. The quantitative estimate of drug-likeness (QED) is 0.593. The molecule has 0 saturated carbocycles. The second-order valence-electron chi connectivity index (χ2n) is 6.13. The van der Waals surface area contributed by atoms with Crippen LogP contribution >= 0.6 is 27.7 Å². The standard InChI is InChI=1S/C18H18BrN3O2S/c1-4-11-9-10-14(13-8-6-5-7-12(11)13)22-16(19)20-21-17(22)25-18(2,3)15(23)24/h5-10H,4H2,1-3H3,(H,23,24)/p-1. The Balaban J connectivity index is 2.20. The maximum atomic E-state index is 11.4. The first-order valence-corrected chi connectivity index (χ1v) is 9.48. The number of carboxylic acid groups (broad SMARTS) is 1. The van der Waals surface area contributed by atoms with Gasteiger partial charge >= 0.3 is 0 Å². The first kappa shape index (κ1) is 17.9. The molecule has 0 aliphatic rings. The molecule has 0 N–H and O–H groups in total. The molecule has 0 aliphatic heterocycles. The van der Waals surface area contributed by atoms with Crippen molar-refractivity contribution in [3.63, 3.8) is 0 Å². The summed E-state index contributed by atoms with van der Waals surface area (Å²) in [5.41, 5.74) is 2.16. The lowest BCUT2D eigenvalue weighted by molar-refractivity contribution is -0.308. The van der Waals surface area contributed by atoms with Crippen molar-refractivity contribution in [2.75, 3.05) is 0 Å². The fourth-order valence-corrected chi connectivity index (χ4v) is 4.09. The number of hydrogen-bond acceptors (Lipinski definition) is 5. The third kappa shape index (κ3) is 3.30. The molecule has 3 aromatic rings. The van der Waals surface area contributed by atoms with Gasteiger partial charge in [0.25, 0.3) is 0 Å². The van der Waals surface area contributed by atoms with Crippen LogP contribution in [0.25, 0.3) is 16.5 Å². The van der Waals surface area contributed by atoms with Gasteiger partial charge in [0.15, 0.2) is 5.16 Å². The molecule has 25 heavy (non-hydrogen) atoms. The number of halogens is 1. The van der Waals surface area contributed by atoms with E-state index in [4.69, 9.17) is 0 Å². The Morgan fingerprint density at radius 1 is 1.20 bits per heavy atom. The van der Waals surface area contributed by atoms with E-state index >= 15 is 0 Å². The van der Waals surface area contributed by atoms with Gasteiger partial charge in [-0.3, -0.25) is 4.57 Å². The molecule has 0 spiro atoms. The van der Waals surface area contributed by atoms with Crippen molar-refractivity contribution in [3.8, 4) is 5.69 Å². The number of aliphatic carboxylic acids is 1. The summed E-state index contributed by atoms with van der Waals surface area (Å²) in [5, 5.41) is 22.3. The monoisotopic (exact) mass is 418 g/mol. The minimum Gasteiger partial charge on any atom is -0.549 e. The van der Waals surface area contributed by atoms with Gasteiger partial charge in [0, 0.05) is 5.39 Å². The van der Waals surface area contributed by atoms with Gasteiger partial charge in [-0.25, -0.2) is 0 Å². The fourth-order valence-electron chi connectivity index (χ4n) is 2.64. The number of carboxylic acids is 1. The molecule has 1 aromatic heterocycles. The topological polar surface area (TPSA) is 70.8 Å². The zero-order valence-corrected chi connectivity index (χ0v) is 16.5. The van der Waals surface area contributed by atoms with Crippen LogP contribution in [0.15, 0.2) is 46.3 Å². The van der Waals surface area contributed by atoms with Crippen molar-refractivity contribution in [1.29, 1.82) is 0 Å². The number of rotatable bonds is 5. The van der Waals surface area contributed by atoms with Crippen LogP contribution in [0, 0.1) is 0 Å². The number of carbonyl (C=O) groups excluding carboxylic acids is 1. The number of thioether (sulfide) groups is 1. The van der Waals surface area contributed by atoms with Crippen molar-refractivity contribution in [1.82, 2.24) is 14.8 Å². The van der Waals surface area contributed by atoms with Crippen molar-refractivity contribution in [2.45, 2.75) is 37.1 Å². The molecule has 0 radical (unpaired) electrons. The van der Waals surface area contributed by atoms with Crippen molar-refractivity contribution in [2.24, 2.45) is 0 Å². The first-order chi connectivity index (χ1) is 11.8. The second-order valence-corrected chi connectivity index (χ2v) is 8.43. The summed E-state index contributed by atoms with van der Waals surface area (Å²) < 4.78 is 1.24. The SMILES string of the molecule is CCc1ccc(-n2c(Br)nnc2SC(C)(C)C(=O)[O-])c2ccccc12. The van der Waals surface area contributed by atoms with E-state index < -0.39 is 10.7 Å². The molecule has 0 fully saturated rings. The number of hydrogen-bond donors (Lipinski definition) is 0. The van der Waals surface area contributed by atoms with Crippen LogP contribution in [0.2, 0.25) is 0 Å². The highest BCUT2D eigenvalue weighted by Gasteiger charge is 2.26. The molecule has 1 heterocycles. The van der Waals surface area contributed by atoms with Gasteiger partial charge in [-0.1, -0.05) is 49.0 Å². The molecule has 3 rings (SSSR count). The van der Waals surface area contributed by atoms with Crippen LogP contribution in [-0.2, 0) is 11.2 Å². The van der Waals surface area contributed by atoms with E-state index in [1.807, 2.05) is 22.8 Å². The minimum absolute atomic E-state index is 0.496. The van der Waals surface area contributed by atoms with E-state index in [1.165, 1.54) is 10.9 Å². The molecular formula is C18H17BrN3O2S-. The first-order valence-electron chi connectivity index (χ1n) is 7.87. The zero-order valence-electron chi connectivity index (χ0n) is 14.1. The zero-order chi connectivity index (χ0) is 18.2. The summed E-state index contributed by atoms with van der Waals surface area (Å²) in [6, 6.07) is 12.2. The number of aryl methyl sites for hydroxylation is 1. The van der Waals surface area contributed by atoms with Crippen molar-refractivity contribution >= 4 is 44.4 Å². The Hall–Kier alpha value is -1.86. The van der Waals surface area contributed by atoms with Gasteiger partial charge in [0.2, 0.25) is 4.73 Å². The van der Waals surface area contributed by atoms with Crippen molar-refractivity contribution in [3.05, 3.63) is 46.7 Å². The Bertz CT molecular complexity index is 953. The van der Waals surface area contributed by atoms with Gasteiger partial charge in [0.05, 0.1) is 16.4 Å². The Kier molecular flexibility index (Phi) is 4.88. The Morgan fingerprint density at radius 2 is 1.88 bits per heavy atom. The molecule has 130 valence electrons. The predicted molar refractivity (Wildman–Crippen MR) is 101 cm³/mol. The summed E-state index contributed by atoms with van der Waals surface area (Å²) in [4.78, 5) is 11.4. The van der Waals surface area contributed by atoms with Gasteiger partial charge in [-0.2, -0.15) is 0 Å². The second kappa shape index (κ2) is 6.80. The number of benzene rings is 2. The molecular weight excluding hydrogens is 402 g/mol. The highest BCUT2D eigenvalue weighted by Crippen LogP contribution is 2.36. The highest BCUT2D eigenvalue weighted by atomic mass is 79.9. The summed E-state index contributed by atoms with van der Waals surface area (Å²) in [5.74, 6) is -1.14. The third-order valence-corrected chi connectivity index (χ3v) is 5.68. The number of carbonyl (C=O) groups is 1. The predicted octanol–water partition coefficient (Wildman–Crippen LogP) is 3.37. The molecule has 0 amide bonds. The van der Waals surface area contributed by atoms with Gasteiger partial charge in [0.1, 0.15) is 0 Å².